The molecule has 3 heterocycles. The maximum atomic E-state index is 12.8. The first-order valence-electron chi connectivity index (χ1n) is 9.97. The fourth-order valence-corrected chi connectivity index (χ4v) is 3.41. The highest BCUT2D eigenvalue weighted by molar-refractivity contribution is 5.91. The van der Waals surface area contributed by atoms with E-state index < -0.39 is 0 Å². The summed E-state index contributed by atoms with van der Waals surface area (Å²) >= 11 is 0. The molecule has 30 heavy (non-hydrogen) atoms. The fraction of sp³-hybridized carbons (Fsp3) is 0.304. The van der Waals surface area contributed by atoms with Crippen molar-refractivity contribution in [2.24, 2.45) is 0 Å². The molecule has 0 N–H and O–H groups in total. The zero-order chi connectivity index (χ0) is 20.8. The lowest BCUT2D eigenvalue weighted by Gasteiger charge is -2.34. The zero-order valence-corrected chi connectivity index (χ0v) is 17.0. The highest BCUT2D eigenvalue weighted by Gasteiger charge is 2.24. The lowest BCUT2D eigenvalue weighted by Crippen LogP contribution is -2.48. The van der Waals surface area contributed by atoms with Gasteiger partial charge in [-0.3, -0.25) is 14.7 Å². The van der Waals surface area contributed by atoms with E-state index in [2.05, 4.69) is 16.0 Å². The number of aromatic nitrogens is 1. The number of nitrogens with zero attached hydrogens (tertiary/aromatic N) is 3. The van der Waals surface area contributed by atoms with Crippen LogP contribution >= 0.6 is 0 Å². The Morgan fingerprint density at radius 3 is 2.50 bits per heavy atom. The summed E-state index contributed by atoms with van der Waals surface area (Å²) in [5, 5.41) is 0. The molecule has 1 aromatic carbocycles. The van der Waals surface area contributed by atoms with Crippen LogP contribution in [0.1, 0.15) is 21.9 Å². The van der Waals surface area contributed by atoms with Gasteiger partial charge in [0.2, 0.25) is 0 Å². The van der Waals surface area contributed by atoms with Gasteiger partial charge < -0.3 is 18.8 Å². The number of ether oxygens (including phenoxy) is 2. The third-order valence-corrected chi connectivity index (χ3v) is 5.10. The van der Waals surface area contributed by atoms with Crippen molar-refractivity contribution in [1.82, 2.24) is 14.8 Å². The summed E-state index contributed by atoms with van der Waals surface area (Å²) in [6.45, 7) is 4.13. The van der Waals surface area contributed by atoms with Crippen molar-refractivity contribution in [1.29, 1.82) is 0 Å². The number of hydrogen-bond donors (Lipinski definition) is 0. The first kappa shape index (κ1) is 20.0. The molecule has 1 fully saturated rings. The Balaban J connectivity index is 1.26. The molecular formula is C23H25N3O4. The third-order valence-electron chi connectivity index (χ3n) is 5.10. The van der Waals surface area contributed by atoms with Crippen LogP contribution in [0.25, 0.3) is 0 Å². The molecule has 0 spiro atoms. The predicted molar refractivity (Wildman–Crippen MR) is 111 cm³/mol. The van der Waals surface area contributed by atoms with E-state index in [1.165, 1.54) is 5.56 Å². The number of methoxy groups -OCH3 is 1. The monoisotopic (exact) mass is 407 g/mol. The molecule has 0 atom stereocenters. The molecule has 0 radical (unpaired) electrons. The lowest BCUT2D eigenvalue weighted by molar-refractivity contribution is 0.0594. The standard InChI is InChI=1S/C23H25N3O4/c1-28-19-4-6-20(7-5-19)29-17-21-8-9-22(30-21)23(27)26-13-11-25(12-14-26)16-18-3-2-10-24-15-18/h2-10,15H,11-14,16-17H2,1H3. The summed E-state index contributed by atoms with van der Waals surface area (Å²) in [6, 6.07) is 14.9. The summed E-state index contributed by atoms with van der Waals surface area (Å²) < 4.78 is 16.6. The van der Waals surface area contributed by atoms with Crippen LogP contribution in [-0.4, -0.2) is 54.0 Å². The number of amides is 1. The van der Waals surface area contributed by atoms with Crippen molar-refractivity contribution in [2.45, 2.75) is 13.2 Å². The second-order valence-electron chi connectivity index (χ2n) is 7.16. The van der Waals surface area contributed by atoms with Crippen LogP contribution in [0.15, 0.2) is 65.3 Å². The summed E-state index contributed by atoms with van der Waals surface area (Å²) in [5.41, 5.74) is 1.19. The quantitative estimate of drug-likeness (QED) is 0.599. The first-order chi connectivity index (χ1) is 14.7. The molecule has 156 valence electrons. The summed E-state index contributed by atoms with van der Waals surface area (Å²) in [6.07, 6.45) is 3.66. The van der Waals surface area contributed by atoms with Gasteiger partial charge in [0.1, 0.15) is 23.9 Å². The van der Waals surface area contributed by atoms with E-state index in [1.54, 1.807) is 25.4 Å². The molecule has 4 rings (SSSR count). The van der Waals surface area contributed by atoms with Gasteiger partial charge in [-0.05, 0) is 48.0 Å². The van der Waals surface area contributed by atoms with Crippen LogP contribution in [0.2, 0.25) is 0 Å². The van der Waals surface area contributed by atoms with Crippen molar-refractivity contribution >= 4 is 5.91 Å². The van der Waals surface area contributed by atoms with Gasteiger partial charge in [0.05, 0.1) is 7.11 Å². The van der Waals surface area contributed by atoms with Crippen molar-refractivity contribution in [3.8, 4) is 11.5 Å². The first-order valence-corrected chi connectivity index (χ1v) is 9.97. The molecular weight excluding hydrogens is 382 g/mol. The number of carbonyl (C=O) groups excluding carboxylic acids is 1. The van der Waals surface area contributed by atoms with Crippen LogP contribution in [0.5, 0.6) is 11.5 Å². The molecule has 0 saturated carbocycles. The van der Waals surface area contributed by atoms with E-state index >= 15 is 0 Å². The van der Waals surface area contributed by atoms with Gasteiger partial charge >= 0.3 is 0 Å². The average molecular weight is 407 g/mol. The van der Waals surface area contributed by atoms with Crippen molar-refractivity contribution in [3.63, 3.8) is 0 Å². The second-order valence-corrected chi connectivity index (χ2v) is 7.16. The van der Waals surface area contributed by atoms with E-state index in [4.69, 9.17) is 13.9 Å². The number of hydrogen-bond acceptors (Lipinski definition) is 6. The van der Waals surface area contributed by atoms with Crippen LogP contribution in [0, 0.1) is 0 Å². The molecule has 1 saturated heterocycles. The van der Waals surface area contributed by atoms with Crippen molar-refractivity contribution in [2.75, 3.05) is 33.3 Å². The van der Waals surface area contributed by atoms with Crippen LogP contribution < -0.4 is 9.47 Å². The van der Waals surface area contributed by atoms with Gasteiger partial charge in [-0.15, -0.1) is 0 Å². The average Bonchev–Trinajstić information content (AvgIpc) is 3.28. The lowest BCUT2D eigenvalue weighted by atomic mass is 10.2. The normalized spacial score (nSPS) is 14.5. The Bertz CT molecular complexity index is 948. The fourth-order valence-electron chi connectivity index (χ4n) is 3.41. The minimum atomic E-state index is -0.0771. The maximum Gasteiger partial charge on any atom is 0.289 e. The molecule has 3 aromatic rings. The summed E-state index contributed by atoms with van der Waals surface area (Å²) in [7, 11) is 1.62. The molecule has 2 aromatic heterocycles. The molecule has 0 bridgehead atoms. The minimum Gasteiger partial charge on any atom is -0.497 e. The number of pyridine rings is 1. The number of furan rings is 1. The smallest absolute Gasteiger partial charge is 0.289 e. The molecule has 0 unspecified atom stereocenters. The van der Waals surface area contributed by atoms with E-state index in [9.17, 15) is 4.79 Å². The van der Waals surface area contributed by atoms with Gasteiger partial charge in [-0.25, -0.2) is 0 Å². The van der Waals surface area contributed by atoms with E-state index in [0.717, 1.165) is 25.4 Å². The molecule has 0 aliphatic carbocycles. The number of benzene rings is 1. The highest BCUT2D eigenvalue weighted by Crippen LogP contribution is 2.19. The van der Waals surface area contributed by atoms with Gasteiger partial charge in [0, 0.05) is 45.1 Å². The third kappa shape index (κ3) is 4.99. The maximum absolute atomic E-state index is 12.8. The van der Waals surface area contributed by atoms with Crippen LogP contribution in [-0.2, 0) is 13.2 Å². The molecule has 7 nitrogen and oxygen atoms in total. The minimum absolute atomic E-state index is 0.0771. The van der Waals surface area contributed by atoms with Crippen LogP contribution in [0.4, 0.5) is 0 Å². The van der Waals surface area contributed by atoms with Gasteiger partial charge in [-0.2, -0.15) is 0 Å². The van der Waals surface area contributed by atoms with Gasteiger partial charge in [0.15, 0.2) is 5.76 Å². The number of rotatable bonds is 7. The predicted octanol–water partition coefficient (Wildman–Crippen LogP) is 3.22. The van der Waals surface area contributed by atoms with E-state index in [0.29, 0.717) is 30.4 Å². The second kappa shape index (κ2) is 9.45. The Kier molecular flexibility index (Phi) is 6.29. The molecule has 1 aliphatic rings. The van der Waals surface area contributed by atoms with Gasteiger partial charge in [0.25, 0.3) is 5.91 Å². The van der Waals surface area contributed by atoms with Crippen molar-refractivity contribution in [3.05, 3.63) is 78.0 Å². The zero-order valence-electron chi connectivity index (χ0n) is 17.0. The van der Waals surface area contributed by atoms with E-state index in [-0.39, 0.29) is 12.5 Å². The Labute approximate surface area is 175 Å². The largest absolute Gasteiger partial charge is 0.497 e. The molecule has 1 amide bonds. The molecule has 1 aliphatic heterocycles. The number of carbonyl (C=O) groups is 1. The summed E-state index contributed by atoms with van der Waals surface area (Å²) in [5.74, 6) is 2.37. The highest BCUT2D eigenvalue weighted by atomic mass is 16.5. The van der Waals surface area contributed by atoms with Crippen LogP contribution in [0.3, 0.4) is 0 Å². The Morgan fingerprint density at radius 1 is 1.03 bits per heavy atom. The Morgan fingerprint density at radius 2 is 1.80 bits per heavy atom. The Hall–Kier alpha value is -3.32. The van der Waals surface area contributed by atoms with E-state index in [1.807, 2.05) is 41.4 Å². The topological polar surface area (TPSA) is 68.0 Å². The molecule has 7 heteroatoms. The van der Waals surface area contributed by atoms with Gasteiger partial charge in [-0.1, -0.05) is 6.07 Å². The van der Waals surface area contributed by atoms with Crippen molar-refractivity contribution < 1.29 is 18.7 Å². The summed E-state index contributed by atoms with van der Waals surface area (Å²) in [4.78, 5) is 21.1. The number of piperazine rings is 1. The SMILES string of the molecule is COc1ccc(OCc2ccc(C(=O)N3CCN(Cc4cccnc4)CC3)o2)cc1.